The summed E-state index contributed by atoms with van der Waals surface area (Å²) in [7, 11) is 0. The van der Waals surface area contributed by atoms with E-state index in [0.717, 1.165) is 38.5 Å². The van der Waals surface area contributed by atoms with E-state index >= 15 is 0 Å². The number of rotatable bonds is 12. The monoisotopic (exact) mass is 288 g/mol. The highest BCUT2D eigenvalue weighted by Gasteiger charge is 1.98. The highest BCUT2D eigenvalue weighted by Crippen LogP contribution is 2.08. The summed E-state index contributed by atoms with van der Waals surface area (Å²) in [5, 5.41) is 16.7. The lowest BCUT2D eigenvalue weighted by atomic mass is 10.1. The van der Waals surface area contributed by atoms with E-state index in [4.69, 9.17) is 10.2 Å². The highest BCUT2D eigenvalue weighted by molar-refractivity contribution is 5.66. The van der Waals surface area contributed by atoms with Crippen molar-refractivity contribution in [2.24, 2.45) is 0 Å². The van der Waals surface area contributed by atoms with E-state index in [9.17, 15) is 9.59 Å². The fourth-order valence-electron chi connectivity index (χ4n) is 1.76. The van der Waals surface area contributed by atoms with Gasteiger partial charge in [0.15, 0.2) is 0 Å². The summed E-state index contributed by atoms with van der Waals surface area (Å²) in [4.78, 5) is 20.3. The van der Waals surface area contributed by atoms with E-state index < -0.39 is 11.9 Å². The van der Waals surface area contributed by atoms with Crippen LogP contribution in [-0.4, -0.2) is 22.2 Å². The molecule has 0 heterocycles. The first-order chi connectivity index (χ1) is 9.54. The number of aliphatic carboxylic acids is 2. The molecular weight excluding hydrogens is 256 g/mol. The van der Waals surface area contributed by atoms with Crippen LogP contribution in [-0.2, 0) is 9.59 Å². The minimum atomic E-state index is -0.740. The third-order valence-corrected chi connectivity index (χ3v) is 2.99. The van der Waals surface area contributed by atoms with Gasteiger partial charge in [-0.3, -0.25) is 9.59 Å². The molecule has 4 heteroatoms. The summed E-state index contributed by atoms with van der Waals surface area (Å²) in [5.41, 5.74) is 0. The fourth-order valence-corrected chi connectivity index (χ4v) is 1.76. The Morgan fingerprint density at radius 1 is 0.600 bits per heavy atom. The molecule has 2 N–H and O–H groups in total. The minimum Gasteiger partial charge on any atom is -0.481 e. The van der Waals surface area contributed by atoms with Crippen molar-refractivity contribution >= 4 is 11.9 Å². The third kappa shape index (κ3) is 25.7. The molecule has 0 fully saturated rings. The standard InChI is InChI=1S/C10H18O4.C6H14/c11-9(12)7-5-3-1-2-4-6-8-10(13)14;1-3-5-6-4-2/h1-8H2,(H,11,12)(H,13,14);3-6H2,1-2H3. The Bertz CT molecular complexity index is 203. The van der Waals surface area contributed by atoms with E-state index in [1.165, 1.54) is 25.7 Å². The molecule has 0 saturated heterocycles. The maximum atomic E-state index is 10.1. The summed E-state index contributed by atoms with van der Waals surface area (Å²) in [5.74, 6) is -1.48. The van der Waals surface area contributed by atoms with Crippen LogP contribution in [0.1, 0.15) is 90.9 Å². The van der Waals surface area contributed by atoms with Crippen LogP contribution in [0, 0.1) is 0 Å². The molecule has 0 radical (unpaired) electrons. The summed E-state index contributed by atoms with van der Waals surface area (Å²) in [6, 6.07) is 0. The van der Waals surface area contributed by atoms with Crippen molar-refractivity contribution in [3.05, 3.63) is 0 Å². The van der Waals surface area contributed by atoms with Crippen LogP contribution >= 0.6 is 0 Å². The van der Waals surface area contributed by atoms with E-state index in [-0.39, 0.29) is 12.8 Å². The van der Waals surface area contributed by atoms with Gasteiger partial charge in [-0.25, -0.2) is 0 Å². The van der Waals surface area contributed by atoms with Crippen molar-refractivity contribution < 1.29 is 19.8 Å². The summed E-state index contributed by atoms with van der Waals surface area (Å²) >= 11 is 0. The molecule has 0 aliphatic rings. The zero-order valence-electron chi connectivity index (χ0n) is 13.2. The maximum Gasteiger partial charge on any atom is 0.303 e. The highest BCUT2D eigenvalue weighted by atomic mass is 16.4. The van der Waals surface area contributed by atoms with E-state index in [1.54, 1.807) is 0 Å². The number of hydrogen-bond donors (Lipinski definition) is 2. The van der Waals surface area contributed by atoms with Gasteiger partial charge in [-0.05, 0) is 12.8 Å². The molecule has 0 aliphatic carbocycles. The van der Waals surface area contributed by atoms with Crippen molar-refractivity contribution in [2.75, 3.05) is 0 Å². The smallest absolute Gasteiger partial charge is 0.303 e. The minimum absolute atomic E-state index is 0.245. The SMILES string of the molecule is CCCCCC.O=C(O)CCCCCCCCC(=O)O. The Hall–Kier alpha value is -1.06. The third-order valence-electron chi connectivity index (χ3n) is 2.99. The zero-order valence-corrected chi connectivity index (χ0v) is 13.2. The van der Waals surface area contributed by atoms with Gasteiger partial charge in [0, 0.05) is 12.8 Å². The van der Waals surface area contributed by atoms with Crippen LogP contribution < -0.4 is 0 Å². The van der Waals surface area contributed by atoms with Crippen molar-refractivity contribution in [3.8, 4) is 0 Å². The molecule has 0 aromatic carbocycles. The summed E-state index contributed by atoms with van der Waals surface area (Å²) in [6.07, 6.45) is 11.4. The van der Waals surface area contributed by atoms with Gasteiger partial charge in [0.05, 0.1) is 0 Å². The number of carbonyl (C=O) groups is 2. The molecule has 4 nitrogen and oxygen atoms in total. The average molecular weight is 288 g/mol. The first kappa shape index (κ1) is 21.2. The number of carboxylic acid groups (broad SMARTS) is 2. The lowest BCUT2D eigenvalue weighted by Crippen LogP contribution is -1.94. The molecule has 0 spiro atoms. The average Bonchev–Trinajstić information content (AvgIpc) is 2.39. The molecule has 20 heavy (non-hydrogen) atoms. The number of carboxylic acids is 2. The molecule has 0 atom stereocenters. The van der Waals surface area contributed by atoms with Crippen LogP contribution in [0.3, 0.4) is 0 Å². The topological polar surface area (TPSA) is 74.6 Å². The fraction of sp³-hybridized carbons (Fsp3) is 0.875. The molecule has 0 unspecified atom stereocenters. The van der Waals surface area contributed by atoms with Crippen LogP contribution in [0.4, 0.5) is 0 Å². The number of hydrogen-bond acceptors (Lipinski definition) is 2. The van der Waals surface area contributed by atoms with Crippen LogP contribution in [0.2, 0.25) is 0 Å². The summed E-state index contributed by atoms with van der Waals surface area (Å²) < 4.78 is 0. The van der Waals surface area contributed by atoms with Gasteiger partial charge in [0.2, 0.25) is 0 Å². The van der Waals surface area contributed by atoms with Crippen LogP contribution in [0.25, 0.3) is 0 Å². The predicted molar refractivity (Wildman–Crippen MR) is 82.0 cm³/mol. The molecular formula is C16H32O4. The largest absolute Gasteiger partial charge is 0.481 e. The molecule has 0 aliphatic heterocycles. The quantitative estimate of drug-likeness (QED) is 0.503. The Morgan fingerprint density at radius 2 is 0.900 bits per heavy atom. The Morgan fingerprint density at radius 3 is 1.15 bits per heavy atom. The molecule has 120 valence electrons. The van der Waals surface area contributed by atoms with Crippen molar-refractivity contribution in [1.29, 1.82) is 0 Å². The van der Waals surface area contributed by atoms with Crippen molar-refractivity contribution in [1.82, 2.24) is 0 Å². The predicted octanol–water partition coefficient (Wildman–Crippen LogP) is 4.86. The van der Waals surface area contributed by atoms with Gasteiger partial charge in [-0.2, -0.15) is 0 Å². The first-order valence-corrected chi connectivity index (χ1v) is 7.98. The Kier molecular flexibility index (Phi) is 19.1. The lowest BCUT2D eigenvalue weighted by molar-refractivity contribution is -0.138. The van der Waals surface area contributed by atoms with E-state index in [1.807, 2.05) is 0 Å². The second kappa shape index (κ2) is 17.9. The molecule has 0 saturated carbocycles. The van der Waals surface area contributed by atoms with Crippen LogP contribution in [0.5, 0.6) is 0 Å². The second-order valence-electron chi connectivity index (χ2n) is 5.12. The van der Waals surface area contributed by atoms with Gasteiger partial charge in [0.1, 0.15) is 0 Å². The molecule has 0 aromatic rings. The van der Waals surface area contributed by atoms with Gasteiger partial charge >= 0.3 is 11.9 Å². The molecule has 0 bridgehead atoms. The van der Waals surface area contributed by atoms with Gasteiger partial charge < -0.3 is 10.2 Å². The van der Waals surface area contributed by atoms with Gasteiger partial charge in [0.25, 0.3) is 0 Å². The van der Waals surface area contributed by atoms with Crippen LogP contribution in [0.15, 0.2) is 0 Å². The molecule has 0 rings (SSSR count). The Balaban J connectivity index is 0. The van der Waals surface area contributed by atoms with Crippen molar-refractivity contribution in [2.45, 2.75) is 90.9 Å². The van der Waals surface area contributed by atoms with Gasteiger partial charge in [-0.1, -0.05) is 65.2 Å². The lowest BCUT2D eigenvalue weighted by Gasteiger charge is -1.98. The number of unbranched alkanes of at least 4 members (excludes halogenated alkanes) is 8. The van der Waals surface area contributed by atoms with E-state index in [0.29, 0.717) is 0 Å². The normalized spacial score (nSPS) is 9.70. The Labute approximate surface area is 123 Å². The van der Waals surface area contributed by atoms with E-state index in [2.05, 4.69) is 13.8 Å². The van der Waals surface area contributed by atoms with Gasteiger partial charge in [-0.15, -0.1) is 0 Å². The molecule has 0 aromatic heterocycles. The maximum absolute atomic E-state index is 10.1. The van der Waals surface area contributed by atoms with Crippen molar-refractivity contribution in [3.63, 3.8) is 0 Å². The second-order valence-corrected chi connectivity index (χ2v) is 5.12. The molecule has 0 amide bonds. The summed E-state index contributed by atoms with van der Waals surface area (Å²) in [6.45, 7) is 4.46. The zero-order chi connectivity index (χ0) is 15.6. The first-order valence-electron chi connectivity index (χ1n) is 7.98.